The molecule has 0 radical (unpaired) electrons. The van der Waals surface area contributed by atoms with Gasteiger partial charge < -0.3 is 14.6 Å². The summed E-state index contributed by atoms with van der Waals surface area (Å²) in [4.78, 5) is 0. The van der Waals surface area contributed by atoms with E-state index in [0.29, 0.717) is 19.0 Å². The van der Waals surface area contributed by atoms with E-state index in [4.69, 9.17) is 14.6 Å². The second-order valence-electron chi connectivity index (χ2n) is 3.07. The number of hydrogen-bond donors (Lipinski definition) is 1. The first-order valence-corrected chi connectivity index (χ1v) is 4.51. The van der Waals surface area contributed by atoms with Gasteiger partial charge in [0.2, 0.25) is 0 Å². The van der Waals surface area contributed by atoms with Gasteiger partial charge in [0, 0.05) is 12.0 Å². The summed E-state index contributed by atoms with van der Waals surface area (Å²) in [5, 5.41) is 8.85. The molecule has 2 rings (SSSR count). The highest BCUT2D eigenvalue weighted by Gasteiger charge is 2.17. The Labute approximate surface area is 81.1 Å². The molecule has 1 heterocycles. The molecule has 0 amide bonds. The third-order valence-corrected chi connectivity index (χ3v) is 2.10. The third kappa shape index (κ3) is 1.53. The SMILES string of the molecule is OCc1ccc2c(c1F)OCCCO2. The van der Waals surface area contributed by atoms with Crippen LogP contribution in [0.4, 0.5) is 4.39 Å². The van der Waals surface area contributed by atoms with Crippen LogP contribution < -0.4 is 9.47 Å². The maximum Gasteiger partial charge on any atom is 0.197 e. The molecule has 0 saturated carbocycles. The van der Waals surface area contributed by atoms with Crippen LogP contribution in [0.5, 0.6) is 11.5 Å². The van der Waals surface area contributed by atoms with Gasteiger partial charge in [-0.3, -0.25) is 0 Å². The minimum Gasteiger partial charge on any atom is -0.489 e. The summed E-state index contributed by atoms with van der Waals surface area (Å²) < 4.78 is 24.1. The number of aliphatic hydroxyl groups excluding tert-OH is 1. The Morgan fingerprint density at radius 3 is 2.86 bits per heavy atom. The zero-order chi connectivity index (χ0) is 9.97. The summed E-state index contributed by atoms with van der Waals surface area (Å²) in [6, 6.07) is 3.12. The van der Waals surface area contributed by atoms with E-state index in [1.165, 1.54) is 6.07 Å². The molecule has 0 aromatic heterocycles. The Bertz CT molecular complexity index is 338. The number of aliphatic hydroxyl groups is 1. The smallest absolute Gasteiger partial charge is 0.197 e. The molecular weight excluding hydrogens is 187 g/mol. The van der Waals surface area contributed by atoms with Crippen LogP contribution in [0, 0.1) is 5.82 Å². The van der Waals surface area contributed by atoms with Crippen molar-refractivity contribution in [2.75, 3.05) is 13.2 Å². The molecular formula is C10H11FO3. The van der Waals surface area contributed by atoms with E-state index in [9.17, 15) is 4.39 Å². The van der Waals surface area contributed by atoms with E-state index in [2.05, 4.69) is 0 Å². The first-order valence-electron chi connectivity index (χ1n) is 4.51. The highest BCUT2D eigenvalue weighted by molar-refractivity contribution is 5.44. The van der Waals surface area contributed by atoms with Crippen molar-refractivity contribution in [1.82, 2.24) is 0 Å². The highest BCUT2D eigenvalue weighted by Crippen LogP contribution is 2.34. The van der Waals surface area contributed by atoms with Crippen LogP contribution in [-0.2, 0) is 6.61 Å². The average molecular weight is 198 g/mol. The molecule has 14 heavy (non-hydrogen) atoms. The molecule has 0 saturated heterocycles. The molecule has 1 aromatic rings. The molecule has 1 aromatic carbocycles. The molecule has 3 nitrogen and oxygen atoms in total. The van der Waals surface area contributed by atoms with E-state index < -0.39 is 5.82 Å². The largest absolute Gasteiger partial charge is 0.489 e. The molecule has 1 aliphatic rings. The molecule has 0 fully saturated rings. The molecule has 1 N–H and O–H groups in total. The fourth-order valence-electron chi connectivity index (χ4n) is 1.36. The average Bonchev–Trinajstić information content (AvgIpc) is 2.44. The van der Waals surface area contributed by atoms with Gasteiger partial charge in [-0.15, -0.1) is 0 Å². The highest BCUT2D eigenvalue weighted by atomic mass is 19.1. The monoisotopic (exact) mass is 198 g/mol. The van der Waals surface area contributed by atoms with Gasteiger partial charge in [-0.25, -0.2) is 4.39 Å². The first-order chi connectivity index (χ1) is 6.83. The molecule has 76 valence electrons. The predicted octanol–water partition coefficient (Wildman–Crippen LogP) is 1.48. The van der Waals surface area contributed by atoms with Gasteiger partial charge in [-0.2, -0.15) is 0 Å². The summed E-state index contributed by atoms with van der Waals surface area (Å²) in [6.45, 7) is 0.645. The topological polar surface area (TPSA) is 38.7 Å². The van der Waals surface area contributed by atoms with Gasteiger partial charge in [-0.1, -0.05) is 0 Å². The van der Waals surface area contributed by atoms with Crippen LogP contribution >= 0.6 is 0 Å². The fourth-order valence-corrected chi connectivity index (χ4v) is 1.36. The fraction of sp³-hybridized carbons (Fsp3) is 0.400. The lowest BCUT2D eigenvalue weighted by molar-refractivity contribution is 0.267. The molecule has 0 aliphatic carbocycles. The summed E-state index contributed by atoms with van der Waals surface area (Å²) in [5.41, 5.74) is 0.231. The Morgan fingerprint density at radius 2 is 2.07 bits per heavy atom. The van der Waals surface area contributed by atoms with E-state index >= 15 is 0 Å². The van der Waals surface area contributed by atoms with Crippen LogP contribution in [0.2, 0.25) is 0 Å². The van der Waals surface area contributed by atoms with Crippen molar-refractivity contribution in [3.63, 3.8) is 0 Å². The van der Waals surface area contributed by atoms with Crippen LogP contribution in [0.25, 0.3) is 0 Å². The van der Waals surface area contributed by atoms with Gasteiger partial charge in [0.05, 0.1) is 19.8 Å². The lowest BCUT2D eigenvalue weighted by Gasteiger charge is -2.09. The van der Waals surface area contributed by atoms with Crippen molar-refractivity contribution < 1.29 is 19.0 Å². The van der Waals surface area contributed by atoms with E-state index in [1.54, 1.807) is 6.07 Å². The van der Waals surface area contributed by atoms with Gasteiger partial charge in [0.1, 0.15) is 0 Å². The van der Waals surface area contributed by atoms with Crippen LogP contribution in [0.15, 0.2) is 12.1 Å². The Hall–Kier alpha value is -1.29. The lowest BCUT2D eigenvalue weighted by Crippen LogP contribution is -1.99. The number of benzene rings is 1. The molecule has 0 bridgehead atoms. The van der Waals surface area contributed by atoms with Crippen molar-refractivity contribution in [1.29, 1.82) is 0 Å². The molecule has 0 spiro atoms. The number of ether oxygens (including phenoxy) is 2. The number of hydrogen-bond acceptors (Lipinski definition) is 3. The van der Waals surface area contributed by atoms with E-state index in [1.807, 2.05) is 0 Å². The second kappa shape index (κ2) is 3.84. The van der Waals surface area contributed by atoms with Gasteiger partial charge >= 0.3 is 0 Å². The molecule has 1 aliphatic heterocycles. The molecule has 0 unspecified atom stereocenters. The molecule has 4 heteroatoms. The zero-order valence-corrected chi connectivity index (χ0v) is 7.62. The molecule has 0 atom stereocenters. The third-order valence-electron chi connectivity index (χ3n) is 2.10. The van der Waals surface area contributed by atoms with Crippen molar-refractivity contribution >= 4 is 0 Å². The van der Waals surface area contributed by atoms with Crippen LogP contribution in [0.1, 0.15) is 12.0 Å². The normalized spacial score (nSPS) is 15.0. The van der Waals surface area contributed by atoms with Gasteiger partial charge in [0.25, 0.3) is 0 Å². The van der Waals surface area contributed by atoms with Crippen molar-refractivity contribution in [2.45, 2.75) is 13.0 Å². The van der Waals surface area contributed by atoms with Crippen molar-refractivity contribution in [3.8, 4) is 11.5 Å². The first kappa shape index (κ1) is 9.27. The number of halogens is 1. The summed E-state index contributed by atoms with van der Waals surface area (Å²) in [6.07, 6.45) is 0.739. The minimum absolute atomic E-state index is 0.119. The second-order valence-corrected chi connectivity index (χ2v) is 3.07. The maximum atomic E-state index is 13.6. The summed E-state index contributed by atoms with van der Waals surface area (Å²) in [5.74, 6) is 0.0122. The van der Waals surface area contributed by atoms with Crippen LogP contribution in [-0.4, -0.2) is 18.3 Å². The number of fused-ring (bicyclic) bond motifs is 1. The Morgan fingerprint density at radius 1 is 1.29 bits per heavy atom. The van der Waals surface area contributed by atoms with Crippen molar-refractivity contribution in [3.05, 3.63) is 23.5 Å². The zero-order valence-electron chi connectivity index (χ0n) is 7.62. The van der Waals surface area contributed by atoms with E-state index in [0.717, 1.165) is 6.42 Å². The van der Waals surface area contributed by atoms with Gasteiger partial charge in [0.15, 0.2) is 17.3 Å². The standard InChI is InChI=1S/C10H11FO3/c11-9-7(6-12)2-3-8-10(9)14-5-1-4-13-8/h2-3,12H,1,4-6H2. The summed E-state index contributed by atoms with van der Waals surface area (Å²) >= 11 is 0. The quantitative estimate of drug-likeness (QED) is 0.742. The van der Waals surface area contributed by atoms with Crippen molar-refractivity contribution in [2.24, 2.45) is 0 Å². The Kier molecular flexibility index (Phi) is 2.54. The predicted molar refractivity (Wildman–Crippen MR) is 47.9 cm³/mol. The number of rotatable bonds is 1. The minimum atomic E-state index is -0.521. The maximum absolute atomic E-state index is 13.6. The van der Waals surface area contributed by atoms with Gasteiger partial charge in [-0.05, 0) is 12.1 Å². The lowest BCUT2D eigenvalue weighted by atomic mass is 10.2. The van der Waals surface area contributed by atoms with E-state index in [-0.39, 0.29) is 17.9 Å². The van der Waals surface area contributed by atoms with Crippen LogP contribution in [0.3, 0.4) is 0 Å². The summed E-state index contributed by atoms with van der Waals surface area (Å²) in [7, 11) is 0. The Balaban J connectivity index is 2.44.